The molecule has 0 saturated heterocycles. The van der Waals surface area contributed by atoms with E-state index in [1.807, 2.05) is 32.0 Å². The van der Waals surface area contributed by atoms with E-state index >= 15 is 0 Å². The molecule has 0 spiro atoms. The number of benzene rings is 1. The van der Waals surface area contributed by atoms with Crippen molar-refractivity contribution >= 4 is 11.9 Å². The smallest absolute Gasteiger partial charge is 0.303 e. The molecule has 0 radical (unpaired) electrons. The third-order valence-corrected chi connectivity index (χ3v) is 4.19. The van der Waals surface area contributed by atoms with Crippen molar-refractivity contribution in [1.82, 2.24) is 10.3 Å². The number of carboxylic acids is 1. The van der Waals surface area contributed by atoms with Crippen molar-refractivity contribution in [1.29, 1.82) is 0 Å². The summed E-state index contributed by atoms with van der Waals surface area (Å²) < 4.78 is 11.2. The highest BCUT2D eigenvalue weighted by Gasteiger charge is 2.10. The Hall–Kier alpha value is -2.83. The molecule has 1 heterocycles. The van der Waals surface area contributed by atoms with E-state index in [2.05, 4.69) is 10.3 Å². The summed E-state index contributed by atoms with van der Waals surface area (Å²) in [5.74, 6) is 1.20. The number of carbonyl (C=O) groups excluding carboxylic acids is 1. The number of carbonyl (C=O) groups is 2. The zero-order valence-corrected chi connectivity index (χ0v) is 16.0. The zero-order valence-electron chi connectivity index (χ0n) is 16.0. The Kier molecular flexibility index (Phi) is 7.40. The number of hydrogen-bond donors (Lipinski definition) is 2. The van der Waals surface area contributed by atoms with Gasteiger partial charge in [0.1, 0.15) is 11.5 Å². The largest absolute Gasteiger partial charge is 0.493 e. The predicted octanol–water partition coefficient (Wildman–Crippen LogP) is 2.96. The number of amides is 1. The van der Waals surface area contributed by atoms with Crippen LogP contribution >= 0.6 is 0 Å². The summed E-state index contributed by atoms with van der Waals surface area (Å²) in [6.45, 7) is 6.27. The molecule has 7 nitrogen and oxygen atoms in total. The summed E-state index contributed by atoms with van der Waals surface area (Å²) in [6.07, 6.45) is 1.48. The highest BCUT2D eigenvalue weighted by atomic mass is 16.5. The topological polar surface area (TPSA) is 102 Å². The average Bonchev–Trinajstić information content (AvgIpc) is 2.95. The van der Waals surface area contributed by atoms with Crippen molar-refractivity contribution < 1.29 is 23.8 Å². The Morgan fingerprint density at radius 2 is 2.00 bits per heavy atom. The van der Waals surface area contributed by atoms with Crippen LogP contribution in [0.5, 0.6) is 5.75 Å². The van der Waals surface area contributed by atoms with Gasteiger partial charge in [-0.15, -0.1) is 0 Å². The Labute approximate surface area is 158 Å². The lowest BCUT2D eigenvalue weighted by molar-refractivity contribution is -0.137. The fourth-order valence-electron chi connectivity index (χ4n) is 2.73. The van der Waals surface area contributed by atoms with Crippen LogP contribution in [-0.2, 0) is 29.0 Å². The normalized spacial score (nSPS) is 10.6. The lowest BCUT2D eigenvalue weighted by atomic mass is 10.0. The molecule has 27 heavy (non-hydrogen) atoms. The maximum Gasteiger partial charge on any atom is 0.303 e. The number of rotatable bonds is 10. The first-order chi connectivity index (χ1) is 12.9. The first-order valence-electron chi connectivity index (χ1n) is 9.05. The summed E-state index contributed by atoms with van der Waals surface area (Å²) >= 11 is 0. The van der Waals surface area contributed by atoms with Gasteiger partial charge in [-0.05, 0) is 36.6 Å². The molecule has 2 rings (SSSR count). The van der Waals surface area contributed by atoms with Gasteiger partial charge in [0.05, 0.1) is 12.3 Å². The summed E-state index contributed by atoms with van der Waals surface area (Å²) in [5.41, 5.74) is 2.63. The van der Waals surface area contributed by atoms with Gasteiger partial charge >= 0.3 is 5.97 Å². The highest BCUT2D eigenvalue weighted by molar-refractivity contribution is 5.75. The van der Waals surface area contributed by atoms with Crippen molar-refractivity contribution in [3.63, 3.8) is 0 Å². The number of aromatic nitrogens is 1. The minimum absolute atomic E-state index is 0.0414. The SMILES string of the molecule is CCC(=O)NCc1cc(OCCc2nc(C)oc2C)ccc1CCC(=O)O. The maximum atomic E-state index is 11.6. The molecule has 146 valence electrons. The summed E-state index contributed by atoms with van der Waals surface area (Å²) in [5, 5.41) is 11.7. The molecule has 0 aliphatic carbocycles. The second-order valence-corrected chi connectivity index (χ2v) is 6.29. The van der Waals surface area contributed by atoms with Crippen LogP contribution in [0.3, 0.4) is 0 Å². The molecule has 0 unspecified atom stereocenters. The van der Waals surface area contributed by atoms with Gasteiger partial charge in [-0.1, -0.05) is 13.0 Å². The minimum atomic E-state index is -0.850. The molecule has 1 aromatic carbocycles. The molecule has 2 aromatic rings. The van der Waals surface area contributed by atoms with Crippen LogP contribution in [0.25, 0.3) is 0 Å². The second kappa shape index (κ2) is 9.75. The van der Waals surface area contributed by atoms with E-state index in [0.717, 1.165) is 22.6 Å². The van der Waals surface area contributed by atoms with E-state index in [9.17, 15) is 9.59 Å². The van der Waals surface area contributed by atoms with E-state index in [1.165, 1.54) is 0 Å². The Bertz CT molecular complexity index is 798. The van der Waals surface area contributed by atoms with Gasteiger partial charge in [0.15, 0.2) is 5.89 Å². The van der Waals surface area contributed by atoms with Crippen molar-refractivity contribution in [3.05, 3.63) is 46.7 Å². The molecule has 7 heteroatoms. The molecule has 0 aliphatic heterocycles. The zero-order chi connectivity index (χ0) is 19.8. The van der Waals surface area contributed by atoms with E-state index in [-0.39, 0.29) is 12.3 Å². The van der Waals surface area contributed by atoms with Crippen LogP contribution < -0.4 is 10.1 Å². The van der Waals surface area contributed by atoms with Gasteiger partial charge < -0.3 is 19.6 Å². The van der Waals surface area contributed by atoms with Crippen molar-refractivity contribution in [3.8, 4) is 5.75 Å². The maximum absolute atomic E-state index is 11.6. The third kappa shape index (κ3) is 6.44. The first kappa shape index (κ1) is 20.5. The molecule has 1 aromatic heterocycles. The van der Waals surface area contributed by atoms with Crippen LogP contribution in [-0.4, -0.2) is 28.6 Å². The number of aryl methyl sites for hydroxylation is 3. The van der Waals surface area contributed by atoms with Crippen molar-refractivity contribution in [2.75, 3.05) is 6.61 Å². The van der Waals surface area contributed by atoms with E-state index in [4.69, 9.17) is 14.3 Å². The van der Waals surface area contributed by atoms with Crippen LogP contribution in [0.2, 0.25) is 0 Å². The standard InChI is InChI=1S/C20H26N2O5/c1-4-19(23)21-12-16-11-17(7-5-15(16)6-8-20(24)25)26-10-9-18-13(2)27-14(3)22-18/h5,7,11H,4,6,8-10,12H2,1-3H3,(H,21,23)(H,24,25). The minimum Gasteiger partial charge on any atom is -0.493 e. The molecule has 0 atom stereocenters. The van der Waals surface area contributed by atoms with Gasteiger partial charge in [-0.3, -0.25) is 9.59 Å². The Balaban J connectivity index is 2.03. The summed E-state index contributed by atoms with van der Waals surface area (Å²) in [6, 6.07) is 5.54. The quantitative estimate of drug-likeness (QED) is 0.663. The number of ether oxygens (including phenoxy) is 1. The molecule has 0 fully saturated rings. The van der Waals surface area contributed by atoms with Crippen LogP contribution in [0, 0.1) is 13.8 Å². The third-order valence-electron chi connectivity index (χ3n) is 4.19. The van der Waals surface area contributed by atoms with Crippen molar-refractivity contribution in [2.45, 2.75) is 53.0 Å². The van der Waals surface area contributed by atoms with Gasteiger partial charge in [-0.25, -0.2) is 4.98 Å². The lowest BCUT2D eigenvalue weighted by Crippen LogP contribution is -2.22. The molecule has 2 N–H and O–H groups in total. The average molecular weight is 374 g/mol. The Morgan fingerprint density at radius 1 is 1.22 bits per heavy atom. The number of oxazole rings is 1. The highest BCUT2D eigenvalue weighted by Crippen LogP contribution is 2.20. The molecule has 0 aliphatic rings. The van der Waals surface area contributed by atoms with Gasteiger partial charge in [0, 0.05) is 32.7 Å². The van der Waals surface area contributed by atoms with Crippen LogP contribution in [0.4, 0.5) is 0 Å². The molecule has 0 bridgehead atoms. The number of hydrogen-bond acceptors (Lipinski definition) is 5. The van der Waals surface area contributed by atoms with Crippen LogP contribution in [0.1, 0.15) is 48.2 Å². The van der Waals surface area contributed by atoms with E-state index < -0.39 is 5.97 Å². The van der Waals surface area contributed by atoms with Crippen LogP contribution in [0.15, 0.2) is 22.6 Å². The number of carboxylic acid groups (broad SMARTS) is 1. The van der Waals surface area contributed by atoms with Crippen molar-refractivity contribution in [2.24, 2.45) is 0 Å². The fraction of sp³-hybridized carbons (Fsp3) is 0.450. The number of nitrogens with one attached hydrogen (secondary N) is 1. The monoisotopic (exact) mass is 374 g/mol. The second-order valence-electron chi connectivity index (χ2n) is 6.29. The number of nitrogens with zero attached hydrogens (tertiary/aromatic N) is 1. The van der Waals surface area contributed by atoms with E-state index in [1.54, 1.807) is 6.92 Å². The van der Waals surface area contributed by atoms with Gasteiger partial charge in [-0.2, -0.15) is 0 Å². The van der Waals surface area contributed by atoms with E-state index in [0.29, 0.717) is 44.1 Å². The molecule has 1 amide bonds. The Morgan fingerprint density at radius 3 is 2.63 bits per heavy atom. The number of aliphatic carboxylic acids is 1. The summed E-state index contributed by atoms with van der Waals surface area (Å²) in [4.78, 5) is 26.7. The molecular formula is C20H26N2O5. The molecular weight excluding hydrogens is 348 g/mol. The lowest BCUT2D eigenvalue weighted by Gasteiger charge is -2.13. The van der Waals surface area contributed by atoms with Gasteiger partial charge in [0.2, 0.25) is 5.91 Å². The predicted molar refractivity (Wildman–Crippen MR) is 99.7 cm³/mol. The van der Waals surface area contributed by atoms with Gasteiger partial charge in [0.25, 0.3) is 0 Å². The first-order valence-corrected chi connectivity index (χ1v) is 9.05. The fourth-order valence-corrected chi connectivity index (χ4v) is 2.73. The molecule has 0 saturated carbocycles. The summed E-state index contributed by atoms with van der Waals surface area (Å²) in [7, 11) is 0.